The second-order valence-corrected chi connectivity index (χ2v) is 9.01. The van der Waals surface area contributed by atoms with Crippen LogP contribution < -0.4 is 0 Å². The summed E-state index contributed by atoms with van der Waals surface area (Å²) < 4.78 is 0. The molecule has 0 spiro atoms. The van der Waals surface area contributed by atoms with E-state index in [1.54, 1.807) is 0 Å². The van der Waals surface area contributed by atoms with Gasteiger partial charge in [-0.3, -0.25) is 0 Å². The van der Waals surface area contributed by atoms with Gasteiger partial charge in [-0.05, 0) is 85.5 Å². The van der Waals surface area contributed by atoms with Crippen molar-refractivity contribution in [3.8, 4) is 18.1 Å². The summed E-state index contributed by atoms with van der Waals surface area (Å²) in [4.78, 5) is 0. The van der Waals surface area contributed by atoms with Crippen LogP contribution in [0.5, 0.6) is 5.75 Å². The lowest BCUT2D eigenvalue weighted by Crippen LogP contribution is -2.52. The largest absolute Gasteiger partial charge is 0.508 e. The number of terminal acetylenes is 1. The summed E-state index contributed by atoms with van der Waals surface area (Å²) in [7, 11) is 0. The average Bonchev–Trinajstić information content (AvgIpc) is 2.93. The van der Waals surface area contributed by atoms with Crippen LogP contribution in [0.15, 0.2) is 18.2 Å². The Kier molecular flexibility index (Phi) is 2.71. The van der Waals surface area contributed by atoms with E-state index in [2.05, 4.69) is 18.9 Å². The Morgan fingerprint density at radius 2 is 2.04 bits per heavy atom. The summed E-state index contributed by atoms with van der Waals surface area (Å²) in [6.07, 6.45) is 13.3. The zero-order valence-corrected chi connectivity index (χ0v) is 14.4. The monoisotopic (exact) mass is 322 g/mol. The highest BCUT2D eigenvalue weighted by Gasteiger charge is 2.76. The Bertz CT molecular complexity index is 762. The highest BCUT2D eigenvalue weighted by Crippen LogP contribution is 2.78. The fourth-order valence-corrected chi connectivity index (χ4v) is 7.59. The standard InChI is InChI=1S/C22H26O2/c1-3-15-13-21-10-11-22(15,24)20(21,2)9-8-18-17-6-5-16(23)12-14(17)4-7-19(18)21/h1,5-6,12,15,18-19,23-24H,4,7-11,13H2,2H3/t15-,18-,19-,20+,21+,22-/m1/s1. The molecule has 6 atom stereocenters. The highest BCUT2D eigenvalue weighted by atomic mass is 16.3. The van der Waals surface area contributed by atoms with Crippen molar-refractivity contribution in [3.63, 3.8) is 0 Å². The quantitative estimate of drug-likeness (QED) is 0.709. The van der Waals surface area contributed by atoms with Crippen molar-refractivity contribution < 1.29 is 10.2 Å². The second kappa shape index (κ2) is 4.38. The van der Waals surface area contributed by atoms with Crippen molar-refractivity contribution >= 4 is 0 Å². The molecule has 2 bridgehead atoms. The Balaban J connectivity index is 1.63. The number of benzene rings is 1. The number of phenolic OH excluding ortho intramolecular Hbond substituents is 1. The van der Waals surface area contributed by atoms with Gasteiger partial charge in [-0.1, -0.05) is 13.0 Å². The molecule has 0 amide bonds. The maximum Gasteiger partial charge on any atom is 0.115 e. The van der Waals surface area contributed by atoms with Crippen LogP contribution in [0.3, 0.4) is 0 Å². The first-order valence-corrected chi connectivity index (χ1v) is 9.45. The molecular weight excluding hydrogens is 296 g/mol. The van der Waals surface area contributed by atoms with Crippen molar-refractivity contribution in [3.05, 3.63) is 29.3 Å². The zero-order valence-electron chi connectivity index (χ0n) is 14.4. The van der Waals surface area contributed by atoms with Gasteiger partial charge in [-0.15, -0.1) is 12.3 Å². The Morgan fingerprint density at radius 3 is 2.83 bits per heavy atom. The van der Waals surface area contributed by atoms with Crippen LogP contribution in [-0.4, -0.2) is 15.8 Å². The Morgan fingerprint density at radius 1 is 1.21 bits per heavy atom. The first kappa shape index (κ1) is 14.8. The van der Waals surface area contributed by atoms with Crippen LogP contribution >= 0.6 is 0 Å². The minimum Gasteiger partial charge on any atom is -0.508 e. The van der Waals surface area contributed by atoms with Crippen molar-refractivity contribution in [2.45, 2.75) is 63.4 Å². The van der Waals surface area contributed by atoms with Gasteiger partial charge in [0.05, 0.1) is 5.60 Å². The molecule has 0 aliphatic heterocycles. The molecule has 24 heavy (non-hydrogen) atoms. The number of hydrogen-bond acceptors (Lipinski definition) is 2. The number of aliphatic hydroxyl groups is 1. The molecule has 0 aromatic heterocycles. The lowest BCUT2D eigenvalue weighted by atomic mass is 9.48. The molecular formula is C22H26O2. The molecule has 4 aliphatic rings. The van der Waals surface area contributed by atoms with Gasteiger partial charge >= 0.3 is 0 Å². The van der Waals surface area contributed by atoms with Crippen molar-refractivity contribution in [2.75, 3.05) is 0 Å². The summed E-state index contributed by atoms with van der Waals surface area (Å²) in [5, 5.41) is 21.3. The molecule has 0 unspecified atom stereocenters. The number of phenols is 1. The van der Waals surface area contributed by atoms with Crippen LogP contribution in [-0.2, 0) is 6.42 Å². The number of rotatable bonds is 0. The SMILES string of the molecule is C#C[C@@H]1C[C@]23CC[C@]1(O)[C@@]2(C)CC[C@@H]1c2ccc(O)cc2CC[C@H]13. The molecule has 0 radical (unpaired) electrons. The van der Waals surface area contributed by atoms with E-state index in [1.807, 2.05) is 12.1 Å². The molecule has 1 aromatic rings. The van der Waals surface area contributed by atoms with Gasteiger partial charge < -0.3 is 10.2 Å². The van der Waals surface area contributed by atoms with Gasteiger partial charge in [0.1, 0.15) is 5.75 Å². The van der Waals surface area contributed by atoms with Crippen LogP contribution in [0.4, 0.5) is 0 Å². The van der Waals surface area contributed by atoms with E-state index in [-0.39, 0.29) is 16.7 Å². The first-order chi connectivity index (χ1) is 11.5. The Labute approximate surface area is 144 Å². The molecule has 126 valence electrons. The third-order valence-electron chi connectivity index (χ3n) is 8.75. The van der Waals surface area contributed by atoms with E-state index in [1.165, 1.54) is 17.5 Å². The molecule has 0 heterocycles. The number of aryl methyl sites for hydroxylation is 1. The minimum atomic E-state index is -0.651. The topological polar surface area (TPSA) is 40.5 Å². The fraction of sp³-hybridized carbons (Fsp3) is 0.636. The average molecular weight is 322 g/mol. The smallest absolute Gasteiger partial charge is 0.115 e. The molecule has 4 aliphatic carbocycles. The van der Waals surface area contributed by atoms with Gasteiger partial charge in [0.15, 0.2) is 0 Å². The van der Waals surface area contributed by atoms with E-state index in [4.69, 9.17) is 6.42 Å². The highest BCUT2D eigenvalue weighted by molar-refractivity contribution is 5.42. The van der Waals surface area contributed by atoms with E-state index >= 15 is 0 Å². The summed E-state index contributed by atoms with van der Waals surface area (Å²) in [5.74, 6) is 4.56. The Hall–Kier alpha value is -1.46. The zero-order chi connectivity index (χ0) is 16.7. The predicted octanol–water partition coefficient (Wildman–Crippen LogP) is 4.00. The molecule has 2 nitrogen and oxygen atoms in total. The van der Waals surface area contributed by atoms with Gasteiger partial charge in [-0.25, -0.2) is 0 Å². The normalized spacial score (nSPS) is 48.3. The summed E-state index contributed by atoms with van der Waals surface area (Å²) in [6, 6.07) is 5.95. The van der Waals surface area contributed by atoms with E-state index in [9.17, 15) is 10.2 Å². The van der Waals surface area contributed by atoms with Gasteiger partial charge in [-0.2, -0.15) is 0 Å². The van der Waals surface area contributed by atoms with Gasteiger partial charge in [0, 0.05) is 11.3 Å². The summed E-state index contributed by atoms with van der Waals surface area (Å²) in [5.41, 5.74) is 2.31. The first-order valence-electron chi connectivity index (χ1n) is 9.45. The van der Waals surface area contributed by atoms with E-state index in [0.29, 0.717) is 17.6 Å². The van der Waals surface area contributed by atoms with Gasteiger partial charge in [0.25, 0.3) is 0 Å². The van der Waals surface area contributed by atoms with Crippen molar-refractivity contribution in [1.82, 2.24) is 0 Å². The number of fused-ring (bicyclic) bond motifs is 3. The third-order valence-corrected chi connectivity index (χ3v) is 8.75. The number of hydrogen-bond donors (Lipinski definition) is 2. The maximum absolute atomic E-state index is 11.5. The number of aromatic hydroxyl groups is 1. The van der Waals surface area contributed by atoms with Crippen LogP contribution in [0, 0.1) is 35.0 Å². The molecule has 3 saturated carbocycles. The van der Waals surface area contributed by atoms with Crippen LogP contribution in [0.1, 0.15) is 62.5 Å². The summed E-state index contributed by atoms with van der Waals surface area (Å²) >= 11 is 0. The third kappa shape index (κ3) is 1.41. The molecule has 5 rings (SSSR count). The molecule has 1 aromatic carbocycles. The molecule has 2 heteroatoms. The second-order valence-electron chi connectivity index (χ2n) is 9.01. The van der Waals surface area contributed by atoms with Crippen LogP contribution in [0.25, 0.3) is 0 Å². The maximum atomic E-state index is 11.5. The molecule has 0 saturated heterocycles. The van der Waals surface area contributed by atoms with Crippen molar-refractivity contribution in [2.24, 2.45) is 22.7 Å². The van der Waals surface area contributed by atoms with E-state index < -0.39 is 5.60 Å². The molecule has 2 N–H and O–H groups in total. The van der Waals surface area contributed by atoms with Gasteiger partial charge in [0.2, 0.25) is 0 Å². The molecule has 3 fully saturated rings. The minimum absolute atomic E-state index is 0.0212. The van der Waals surface area contributed by atoms with E-state index in [0.717, 1.165) is 38.5 Å². The lowest BCUT2D eigenvalue weighted by Gasteiger charge is -2.56. The summed E-state index contributed by atoms with van der Waals surface area (Å²) in [6.45, 7) is 2.33. The lowest BCUT2D eigenvalue weighted by molar-refractivity contribution is -0.107. The predicted molar refractivity (Wildman–Crippen MR) is 93.6 cm³/mol. The fourth-order valence-electron chi connectivity index (χ4n) is 7.59. The van der Waals surface area contributed by atoms with Crippen LogP contribution in [0.2, 0.25) is 0 Å². The van der Waals surface area contributed by atoms with Crippen molar-refractivity contribution in [1.29, 1.82) is 0 Å².